The molecule has 2 atom stereocenters. The first-order valence-electron chi connectivity index (χ1n) is 11.8. The van der Waals surface area contributed by atoms with Gasteiger partial charge in [-0.25, -0.2) is 19.9 Å². The molecule has 3 saturated heterocycles. The van der Waals surface area contributed by atoms with Gasteiger partial charge in [0.25, 0.3) is 5.91 Å². The topological polar surface area (TPSA) is 173 Å². The summed E-state index contributed by atoms with van der Waals surface area (Å²) in [4.78, 5) is 62.1. The molecule has 14 nitrogen and oxygen atoms in total. The van der Waals surface area contributed by atoms with Crippen molar-refractivity contribution in [1.82, 2.24) is 31.0 Å². The average molecular weight is 507 g/mol. The third kappa shape index (κ3) is 6.13. The fourth-order valence-corrected chi connectivity index (χ4v) is 4.70. The van der Waals surface area contributed by atoms with Crippen LogP contribution in [0.1, 0.15) is 31.2 Å². The summed E-state index contributed by atoms with van der Waals surface area (Å²) < 4.78 is 0. The number of hydroxylamine groups is 3. The summed E-state index contributed by atoms with van der Waals surface area (Å²) in [6.07, 6.45) is -2.13. The average Bonchev–Trinajstić information content (AvgIpc) is 3.10. The molecule has 0 spiro atoms. The summed E-state index contributed by atoms with van der Waals surface area (Å²) in [5.74, 6) is -0.410. The van der Waals surface area contributed by atoms with Gasteiger partial charge >= 0.3 is 18.2 Å². The van der Waals surface area contributed by atoms with Gasteiger partial charge in [0.2, 0.25) is 0 Å². The highest BCUT2D eigenvalue weighted by Gasteiger charge is 2.48. The molecular formula is C22H30N6O8. The second-order valence-corrected chi connectivity index (χ2v) is 8.89. The van der Waals surface area contributed by atoms with Gasteiger partial charge in [-0.1, -0.05) is 30.3 Å². The lowest BCUT2D eigenvalue weighted by Gasteiger charge is -2.36. The van der Waals surface area contributed by atoms with E-state index in [2.05, 4.69) is 16.1 Å². The molecule has 0 unspecified atom stereocenters. The quantitative estimate of drug-likeness (QED) is 0.239. The number of hydrogen-bond donors (Lipinski definition) is 5. The van der Waals surface area contributed by atoms with E-state index in [1.54, 1.807) is 4.90 Å². The number of amides is 5. The molecule has 196 valence electrons. The van der Waals surface area contributed by atoms with Crippen LogP contribution in [0.4, 0.5) is 14.4 Å². The molecule has 5 amide bonds. The maximum Gasteiger partial charge on any atom is 0.407 e. The molecule has 2 bridgehead atoms. The molecule has 0 aromatic heterocycles. The minimum Gasteiger partial charge on any atom is -0.465 e. The molecule has 36 heavy (non-hydrogen) atoms. The first-order valence-corrected chi connectivity index (χ1v) is 11.8. The zero-order valence-corrected chi connectivity index (χ0v) is 19.5. The van der Waals surface area contributed by atoms with Crippen LogP contribution in [-0.4, -0.2) is 93.3 Å². The van der Waals surface area contributed by atoms with Gasteiger partial charge < -0.3 is 15.1 Å². The maximum atomic E-state index is 12.9. The summed E-state index contributed by atoms with van der Waals surface area (Å²) in [7, 11) is 0. The molecule has 1 aromatic rings. The van der Waals surface area contributed by atoms with Gasteiger partial charge in [0.15, 0.2) is 6.29 Å². The Balaban J connectivity index is 1.23. The Hall–Kier alpha value is -3.62. The molecule has 14 heteroatoms. The molecule has 3 heterocycles. The predicted octanol–water partition coefficient (Wildman–Crippen LogP) is 0.718. The lowest BCUT2D eigenvalue weighted by Crippen LogP contribution is -2.60. The van der Waals surface area contributed by atoms with E-state index in [0.29, 0.717) is 45.3 Å². The Bertz CT molecular complexity index is 941. The summed E-state index contributed by atoms with van der Waals surface area (Å²) in [6, 6.07) is 8.41. The number of benzene rings is 1. The van der Waals surface area contributed by atoms with Crippen molar-refractivity contribution >= 4 is 24.1 Å². The number of rotatable bonds is 9. The monoisotopic (exact) mass is 506 g/mol. The van der Waals surface area contributed by atoms with E-state index in [1.165, 1.54) is 9.96 Å². The highest BCUT2D eigenvalue weighted by Crippen LogP contribution is 2.30. The van der Waals surface area contributed by atoms with Crippen molar-refractivity contribution < 1.29 is 39.1 Å². The van der Waals surface area contributed by atoms with E-state index in [1.807, 2.05) is 30.3 Å². The Labute approximate surface area is 207 Å². The Kier molecular flexibility index (Phi) is 8.07. The van der Waals surface area contributed by atoms with Crippen molar-refractivity contribution in [2.45, 2.75) is 56.8 Å². The first kappa shape index (κ1) is 25.5. The third-order valence-electron chi connectivity index (χ3n) is 6.53. The van der Waals surface area contributed by atoms with Crippen molar-refractivity contribution in [1.29, 1.82) is 0 Å². The predicted molar refractivity (Wildman–Crippen MR) is 122 cm³/mol. The smallest absolute Gasteiger partial charge is 0.407 e. The molecule has 0 aliphatic carbocycles. The Morgan fingerprint density at radius 2 is 1.67 bits per heavy atom. The van der Waals surface area contributed by atoms with Crippen molar-refractivity contribution in [3.8, 4) is 0 Å². The van der Waals surface area contributed by atoms with Crippen LogP contribution in [0, 0.1) is 0 Å². The van der Waals surface area contributed by atoms with E-state index in [0.717, 1.165) is 5.56 Å². The number of likely N-dealkylation sites (tertiary alicyclic amines) is 1. The maximum absolute atomic E-state index is 12.9. The lowest BCUT2D eigenvalue weighted by molar-refractivity contribution is -0.147. The zero-order valence-electron chi connectivity index (χ0n) is 19.5. The van der Waals surface area contributed by atoms with Gasteiger partial charge in [-0.2, -0.15) is 5.06 Å². The van der Waals surface area contributed by atoms with Crippen molar-refractivity contribution in [3.63, 3.8) is 0 Å². The first-order chi connectivity index (χ1) is 17.3. The highest BCUT2D eigenvalue weighted by atomic mass is 16.7. The third-order valence-corrected chi connectivity index (χ3v) is 6.53. The van der Waals surface area contributed by atoms with Gasteiger partial charge in [0.05, 0.1) is 12.1 Å². The van der Waals surface area contributed by atoms with Crippen LogP contribution in [0.5, 0.6) is 0 Å². The minimum atomic E-state index is -1.35. The molecule has 3 fully saturated rings. The van der Waals surface area contributed by atoms with Gasteiger partial charge in [0, 0.05) is 19.6 Å². The zero-order chi connectivity index (χ0) is 25.7. The molecule has 0 saturated carbocycles. The van der Waals surface area contributed by atoms with Crippen LogP contribution in [-0.2, 0) is 21.1 Å². The van der Waals surface area contributed by atoms with E-state index in [-0.39, 0.29) is 24.8 Å². The van der Waals surface area contributed by atoms with Gasteiger partial charge in [-0.15, -0.1) is 0 Å². The van der Waals surface area contributed by atoms with Crippen LogP contribution in [0.3, 0.4) is 0 Å². The highest BCUT2D eigenvalue weighted by molar-refractivity contribution is 5.88. The number of hydrogen-bond acceptors (Lipinski definition) is 7. The van der Waals surface area contributed by atoms with E-state index in [9.17, 15) is 19.2 Å². The molecule has 3 aliphatic heterocycles. The van der Waals surface area contributed by atoms with Crippen molar-refractivity contribution in [3.05, 3.63) is 35.9 Å². The number of carboxylic acid groups (broad SMARTS) is 2. The van der Waals surface area contributed by atoms with Gasteiger partial charge in [-0.05, 0) is 31.2 Å². The molecule has 4 rings (SSSR count). The molecule has 5 N–H and O–H groups in total. The van der Waals surface area contributed by atoms with E-state index >= 15 is 0 Å². The molecule has 1 aromatic carbocycles. The standard InChI is InChI=1S/C22H30N6O8/c29-18(25-36-16-8-10-26(11-9-16)19(23-20(30)31)24-21(32)33)17-7-6-15-12-27(17)22(34)28(15)35-13-14-4-2-1-3-5-14/h1-5,15-17,19,23-24H,6-13H2,(H,25,29)(H,30,31)(H,32,33)/t15-,17+/m1/s1. The van der Waals surface area contributed by atoms with Crippen LogP contribution >= 0.6 is 0 Å². The summed E-state index contributed by atoms with van der Waals surface area (Å²) in [5.41, 5.74) is 3.42. The van der Waals surface area contributed by atoms with Crippen molar-refractivity contribution in [2.24, 2.45) is 0 Å². The molecule has 3 aliphatic rings. The number of fused-ring (bicyclic) bond motifs is 2. The summed E-state index contributed by atoms with van der Waals surface area (Å²) >= 11 is 0. The Morgan fingerprint density at radius 1 is 1.00 bits per heavy atom. The number of nitrogens with zero attached hydrogens (tertiary/aromatic N) is 3. The molecule has 0 radical (unpaired) electrons. The molecular weight excluding hydrogens is 476 g/mol. The lowest BCUT2D eigenvalue weighted by atomic mass is 10.0. The van der Waals surface area contributed by atoms with E-state index < -0.39 is 30.4 Å². The minimum absolute atomic E-state index is 0.109. The summed E-state index contributed by atoms with van der Waals surface area (Å²) in [6.45, 7) is 1.35. The van der Waals surface area contributed by atoms with Crippen molar-refractivity contribution in [2.75, 3.05) is 19.6 Å². The second-order valence-electron chi connectivity index (χ2n) is 8.89. The number of carbonyl (C=O) groups excluding carboxylic acids is 2. The second kappa shape index (κ2) is 11.4. The van der Waals surface area contributed by atoms with E-state index in [4.69, 9.17) is 19.9 Å². The number of nitrogens with one attached hydrogen (secondary N) is 3. The fourth-order valence-electron chi connectivity index (χ4n) is 4.70. The van der Waals surface area contributed by atoms with Gasteiger partial charge in [-0.3, -0.25) is 30.0 Å². The van der Waals surface area contributed by atoms with Crippen LogP contribution in [0.15, 0.2) is 30.3 Å². The fraction of sp³-hybridized carbons (Fsp3) is 0.545. The van der Waals surface area contributed by atoms with Crippen LogP contribution < -0.4 is 16.1 Å². The number of carbonyl (C=O) groups is 4. The number of piperidine rings is 2. The Morgan fingerprint density at radius 3 is 2.31 bits per heavy atom. The van der Waals surface area contributed by atoms with Gasteiger partial charge in [0.1, 0.15) is 12.6 Å². The SMILES string of the molecule is O=C(O)NC(NC(=O)O)N1CCC(ONC(=O)[C@@H]2CC[C@@H]3CN2C(=O)N3OCc2ccccc2)CC1. The normalized spacial score (nSPS) is 22.5. The van der Waals surface area contributed by atoms with Crippen LogP contribution in [0.25, 0.3) is 0 Å². The van der Waals surface area contributed by atoms with Crippen LogP contribution in [0.2, 0.25) is 0 Å². The summed E-state index contributed by atoms with van der Waals surface area (Å²) in [5, 5.41) is 23.5. The largest absolute Gasteiger partial charge is 0.465 e. The number of urea groups is 1.